The van der Waals surface area contributed by atoms with Crippen LogP contribution in [-0.2, 0) is 4.74 Å². The number of hydrogen-bond acceptors (Lipinski definition) is 4. The van der Waals surface area contributed by atoms with Crippen LogP contribution in [0.5, 0.6) is 0 Å². The van der Waals surface area contributed by atoms with Crippen LogP contribution in [0.2, 0.25) is 5.02 Å². The minimum absolute atomic E-state index is 0.195. The molecule has 0 bridgehead atoms. The van der Waals surface area contributed by atoms with Crippen LogP contribution in [0.15, 0.2) is 12.3 Å². The molecule has 2 N–H and O–H groups in total. The van der Waals surface area contributed by atoms with Crippen LogP contribution in [0.3, 0.4) is 0 Å². The van der Waals surface area contributed by atoms with E-state index in [2.05, 4.69) is 23.7 Å². The molecule has 0 aliphatic carbocycles. The number of hydrogen-bond donors (Lipinski definition) is 1. The average Bonchev–Trinajstić information content (AvgIpc) is 2.15. The Morgan fingerprint density at radius 2 is 2.06 bits per heavy atom. The van der Waals surface area contributed by atoms with Gasteiger partial charge in [-0.15, -0.1) is 0 Å². The number of aromatic nitrogens is 1. The van der Waals surface area contributed by atoms with E-state index < -0.39 is 0 Å². The monoisotopic (exact) mass is 241 g/mol. The molecule has 4 nitrogen and oxygen atoms in total. The van der Waals surface area contributed by atoms with E-state index in [1.807, 2.05) is 0 Å². The molecule has 2 heterocycles. The molecule has 0 amide bonds. The Hall–Kier alpha value is -1.00. The first-order valence-corrected chi connectivity index (χ1v) is 5.75. The van der Waals surface area contributed by atoms with Gasteiger partial charge in [-0.05, 0) is 19.9 Å². The maximum atomic E-state index is 5.91. The van der Waals surface area contributed by atoms with Gasteiger partial charge in [0, 0.05) is 19.3 Å². The molecule has 1 aliphatic rings. The van der Waals surface area contributed by atoms with Crippen LogP contribution >= 0.6 is 11.6 Å². The number of morpholine rings is 1. The number of ether oxygens (including phenoxy) is 1. The van der Waals surface area contributed by atoms with Crippen LogP contribution in [0.1, 0.15) is 13.8 Å². The molecule has 2 rings (SSSR count). The van der Waals surface area contributed by atoms with Gasteiger partial charge in [0.05, 0.1) is 22.9 Å². The predicted molar refractivity (Wildman–Crippen MR) is 65.9 cm³/mol. The first-order valence-electron chi connectivity index (χ1n) is 5.37. The fourth-order valence-corrected chi connectivity index (χ4v) is 2.23. The Bertz CT molecular complexity index is 375. The minimum atomic E-state index is 0.195. The Kier molecular flexibility index (Phi) is 3.21. The molecule has 0 saturated carbocycles. The van der Waals surface area contributed by atoms with Gasteiger partial charge in [-0.2, -0.15) is 0 Å². The molecule has 1 aliphatic heterocycles. The van der Waals surface area contributed by atoms with Crippen LogP contribution in [0.25, 0.3) is 0 Å². The maximum absolute atomic E-state index is 5.91. The Morgan fingerprint density at radius 1 is 1.44 bits per heavy atom. The third kappa shape index (κ3) is 2.39. The van der Waals surface area contributed by atoms with Gasteiger partial charge in [-0.1, -0.05) is 11.6 Å². The van der Waals surface area contributed by atoms with E-state index in [0.29, 0.717) is 10.7 Å². The summed E-state index contributed by atoms with van der Waals surface area (Å²) in [6.45, 7) is 5.72. The van der Waals surface area contributed by atoms with Gasteiger partial charge < -0.3 is 15.4 Å². The maximum Gasteiger partial charge on any atom is 0.152 e. The van der Waals surface area contributed by atoms with E-state index in [0.717, 1.165) is 18.9 Å². The second-order valence-corrected chi connectivity index (χ2v) is 4.67. The van der Waals surface area contributed by atoms with Crippen molar-refractivity contribution in [3.05, 3.63) is 17.3 Å². The Morgan fingerprint density at radius 3 is 2.62 bits per heavy atom. The molecule has 88 valence electrons. The standard InChI is InChI=1S/C11H16ClN3O/c1-7-5-15(6-8(2)16-7)11-10(13)3-9(12)4-14-11/h3-4,7-8H,5-6,13H2,1-2H3/t7-,8+. The number of halogens is 1. The van der Waals surface area contributed by atoms with E-state index in [-0.39, 0.29) is 12.2 Å². The number of rotatable bonds is 1. The fourth-order valence-electron chi connectivity index (χ4n) is 2.06. The zero-order valence-corrected chi connectivity index (χ0v) is 10.2. The second kappa shape index (κ2) is 4.47. The van der Waals surface area contributed by atoms with Crippen molar-refractivity contribution >= 4 is 23.1 Å². The first-order chi connectivity index (χ1) is 7.56. The number of pyridine rings is 1. The molecule has 16 heavy (non-hydrogen) atoms. The number of nitrogens with two attached hydrogens (primary N) is 1. The van der Waals surface area contributed by atoms with Crippen molar-refractivity contribution in [2.45, 2.75) is 26.1 Å². The van der Waals surface area contributed by atoms with Crippen LogP contribution < -0.4 is 10.6 Å². The summed E-state index contributed by atoms with van der Waals surface area (Å²) in [6.07, 6.45) is 2.01. The highest BCUT2D eigenvalue weighted by molar-refractivity contribution is 6.30. The average molecular weight is 242 g/mol. The lowest BCUT2D eigenvalue weighted by Crippen LogP contribution is -2.46. The molecule has 5 heteroatoms. The number of anilines is 2. The summed E-state index contributed by atoms with van der Waals surface area (Å²) in [5.41, 5.74) is 6.53. The summed E-state index contributed by atoms with van der Waals surface area (Å²) in [5.74, 6) is 0.798. The summed E-state index contributed by atoms with van der Waals surface area (Å²) in [5, 5.41) is 0.565. The molecule has 1 aromatic heterocycles. The second-order valence-electron chi connectivity index (χ2n) is 4.23. The lowest BCUT2D eigenvalue weighted by Gasteiger charge is -2.36. The molecule has 0 radical (unpaired) electrons. The van der Waals surface area contributed by atoms with Crippen molar-refractivity contribution < 1.29 is 4.74 Å². The summed E-state index contributed by atoms with van der Waals surface area (Å²) in [7, 11) is 0. The van der Waals surface area contributed by atoms with Crippen LogP contribution in [0.4, 0.5) is 11.5 Å². The van der Waals surface area contributed by atoms with Gasteiger partial charge in [0.15, 0.2) is 5.82 Å². The molecular formula is C11H16ClN3O. The summed E-state index contributed by atoms with van der Waals surface area (Å²) in [6, 6.07) is 1.73. The van der Waals surface area contributed by atoms with Crippen LogP contribution in [-0.4, -0.2) is 30.3 Å². The molecule has 2 atom stereocenters. The normalized spacial score (nSPS) is 25.8. The molecule has 0 aromatic carbocycles. The zero-order valence-electron chi connectivity index (χ0n) is 9.48. The van der Waals surface area contributed by atoms with Crippen LogP contribution in [0, 0.1) is 0 Å². The van der Waals surface area contributed by atoms with Gasteiger partial charge in [-0.25, -0.2) is 4.98 Å². The highest BCUT2D eigenvalue weighted by Gasteiger charge is 2.24. The minimum Gasteiger partial charge on any atom is -0.396 e. The summed E-state index contributed by atoms with van der Waals surface area (Å²) >= 11 is 5.83. The van der Waals surface area contributed by atoms with Gasteiger partial charge in [0.2, 0.25) is 0 Å². The van der Waals surface area contributed by atoms with E-state index in [9.17, 15) is 0 Å². The molecule has 0 unspecified atom stereocenters. The van der Waals surface area contributed by atoms with Crippen molar-refractivity contribution in [1.29, 1.82) is 0 Å². The zero-order chi connectivity index (χ0) is 11.7. The third-order valence-electron chi connectivity index (χ3n) is 2.58. The van der Waals surface area contributed by atoms with E-state index in [1.54, 1.807) is 12.3 Å². The van der Waals surface area contributed by atoms with Crippen molar-refractivity contribution in [3.63, 3.8) is 0 Å². The molecule has 0 spiro atoms. The molecule has 1 fully saturated rings. The van der Waals surface area contributed by atoms with Crippen molar-refractivity contribution in [2.24, 2.45) is 0 Å². The van der Waals surface area contributed by atoms with Gasteiger partial charge in [0.1, 0.15) is 0 Å². The van der Waals surface area contributed by atoms with Crippen molar-refractivity contribution in [1.82, 2.24) is 4.98 Å². The van der Waals surface area contributed by atoms with E-state index in [4.69, 9.17) is 22.1 Å². The Labute approximate surface area is 100 Å². The third-order valence-corrected chi connectivity index (χ3v) is 2.79. The fraction of sp³-hybridized carbons (Fsp3) is 0.545. The number of nitrogen functional groups attached to an aromatic ring is 1. The van der Waals surface area contributed by atoms with Gasteiger partial charge >= 0.3 is 0 Å². The quantitative estimate of drug-likeness (QED) is 0.816. The predicted octanol–water partition coefficient (Wildman–Crippen LogP) is 1.93. The summed E-state index contributed by atoms with van der Waals surface area (Å²) < 4.78 is 5.67. The number of nitrogens with zero attached hydrogens (tertiary/aromatic N) is 2. The summed E-state index contributed by atoms with van der Waals surface area (Å²) in [4.78, 5) is 6.43. The highest BCUT2D eigenvalue weighted by atomic mass is 35.5. The Balaban J connectivity index is 2.23. The van der Waals surface area contributed by atoms with Gasteiger partial charge in [0.25, 0.3) is 0 Å². The highest BCUT2D eigenvalue weighted by Crippen LogP contribution is 2.26. The molecule has 1 saturated heterocycles. The van der Waals surface area contributed by atoms with E-state index in [1.165, 1.54) is 0 Å². The van der Waals surface area contributed by atoms with E-state index >= 15 is 0 Å². The van der Waals surface area contributed by atoms with Gasteiger partial charge in [-0.3, -0.25) is 0 Å². The van der Waals surface area contributed by atoms with Crippen molar-refractivity contribution in [3.8, 4) is 0 Å². The van der Waals surface area contributed by atoms with Crippen molar-refractivity contribution in [2.75, 3.05) is 23.7 Å². The molecular weight excluding hydrogens is 226 g/mol. The topological polar surface area (TPSA) is 51.4 Å². The lowest BCUT2D eigenvalue weighted by atomic mass is 10.2. The smallest absolute Gasteiger partial charge is 0.152 e. The molecule has 1 aromatic rings. The SMILES string of the molecule is C[C@@H]1CN(c2ncc(Cl)cc2N)C[C@H](C)O1. The first kappa shape index (κ1) is 11.5. The lowest BCUT2D eigenvalue weighted by molar-refractivity contribution is -0.00540. The largest absolute Gasteiger partial charge is 0.396 e.